The number of hydrogen-bond acceptors (Lipinski definition) is 7. The second kappa shape index (κ2) is 7.93. The molecule has 3 aromatic heterocycles. The Hall–Kier alpha value is -3.57. The van der Waals surface area contributed by atoms with Gasteiger partial charge in [0.1, 0.15) is 11.5 Å². The molecule has 3 heterocycles. The minimum Gasteiger partial charge on any atom is -0.481 e. The number of fused-ring (bicyclic) bond motifs is 1. The predicted molar refractivity (Wildman–Crippen MR) is 96.4 cm³/mol. The first kappa shape index (κ1) is 20.7. The van der Waals surface area contributed by atoms with Crippen molar-refractivity contribution in [3.63, 3.8) is 0 Å². The number of nitrogens with zero attached hydrogens (tertiary/aromatic N) is 4. The van der Waals surface area contributed by atoms with Crippen LogP contribution in [0.15, 0.2) is 29.1 Å². The Morgan fingerprint density at radius 3 is 2.81 bits per heavy atom. The van der Waals surface area contributed by atoms with Crippen LogP contribution < -0.4 is 10.1 Å². The van der Waals surface area contributed by atoms with Crippen molar-refractivity contribution < 1.29 is 31.5 Å². The number of aromatic nitrogens is 4. The van der Waals surface area contributed by atoms with E-state index in [-0.39, 0.29) is 17.3 Å². The smallest absolute Gasteiger partial charge is 0.434 e. The maximum Gasteiger partial charge on any atom is 0.434 e. The molecule has 0 spiro atoms. The van der Waals surface area contributed by atoms with Gasteiger partial charge in [-0.15, -0.1) is 0 Å². The largest absolute Gasteiger partial charge is 0.481 e. The number of carbonyl (C=O) groups excluding carboxylic acids is 1. The highest BCUT2D eigenvalue weighted by atomic mass is 19.4. The number of carbonyl (C=O) groups is 1. The first-order valence-electron chi connectivity index (χ1n) is 9.16. The lowest BCUT2D eigenvalue weighted by Crippen LogP contribution is -2.31. The van der Waals surface area contributed by atoms with Gasteiger partial charge in [-0.3, -0.25) is 9.78 Å². The van der Waals surface area contributed by atoms with Crippen molar-refractivity contribution in [2.45, 2.75) is 31.5 Å². The zero-order valence-corrected chi connectivity index (χ0v) is 16.0. The number of methoxy groups -OCH3 is 1. The van der Waals surface area contributed by atoms with Gasteiger partial charge < -0.3 is 14.5 Å². The fourth-order valence-corrected chi connectivity index (χ4v) is 3.21. The van der Waals surface area contributed by atoms with Crippen LogP contribution in [-0.2, 0) is 12.6 Å². The summed E-state index contributed by atoms with van der Waals surface area (Å²) >= 11 is 0. The number of aryl methyl sites for hydroxylation is 1. The molecule has 0 fully saturated rings. The quantitative estimate of drug-likeness (QED) is 0.623. The molecule has 0 aliphatic heterocycles. The van der Waals surface area contributed by atoms with Gasteiger partial charge in [-0.1, -0.05) is 0 Å². The number of rotatable bonds is 4. The Bertz CT molecular complexity index is 1130. The second-order valence-corrected chi connectivity index (χ2v) is 6.74. The number of alkyl halides is 3. The van der Waals surface area contributed by atoms with Crippen LogP contribution >= 0.6 is 0 Å². The Morgan fingerprint density at radius 2 is 2.06 bits per heavy atom. The van der Waals surface area contributed by atoms with Gasteiger partial charge in [0.05, 0.1) is 43.0 Å². The van der Waals surface area contributed by atoms with Crippen LogP contribution in [-0.4, -0.2) is 33.0 Å². The third-order valence-corrected chi connectivity index (χ3v) is 4.68. The zero-order valence-electron chi connectivity index (χ0n) is 16.0. The van der Waals surface area contributed by atoms with E-state index in [9.17, 15) is 22.4 Å². The summed E-state index contributed by atoms with van der Waals surface area (Å²) in [6.45, 7) is 0. The zero-order chi connectivity index (χ0) is 22.2. The molecule has 31 heavy (non-hydrogen) atoms. The molecule has 0 saturated heterocycles. The molecular formula is C19H15F4N5O3. The van der Waals surface area contributed by atoms with E-state index in [1.807, 2.05) is 0 Å². The highest BCUT2D eigenvalue weighted by molar-refractivity contribution is 5.92. The second-order valence-electron chi connectivity index (χ2n) is 6.74. The molecule has 8 nitrogen and oxygen atoms in total. The van der Waals surface area contributed by atoms with Crippen molar-refractivity contribution in [1.82, 2.24) is 25.3 Å². The van der Waals surface area contributed by atoms with E-state index < -0.39 is 35.3 Å². The lowest BCUT2D eigenvalue weighted by Gasteiger charge is -2.21. The van der Waals surface area contributed by atoms with Crippen molar-refractivity contribution in [2.75, 3.05) is 7.11 Å². The summed E-state index contributed by atoms with van der Waals surface area (Å²) in [5.41, 5.74) is -1.19. The van der Waals surface area contributed by atoms with E-state index in [0.717, 1.165) is 12.4 Å². The maximum absolute atomic E-state index is 14.2. The van der Waals surface area contributed by atoms with Gasteiger partial charge in [-0.2, -0.15) is 13.2 Å². The van der Waals surface area contributed by atoms with Gasteiger partial charge >= 0.3 is 6.18 Å². The normalized spacial score (nSPS) is 16.0. The van der Waals surface area contributed by atoms with E-state index >= 15 is 0 Å². The highest BCUT2D eigenvalue weighted by Gasteiger charge is 2.34. The van der Waals surface area contributed by atoms with E-state index in [4.69, 9.17) is 9.15 Å². The van der Waals surface area contributed by atoms with Crippen molar-refractivity contribution >= 4 is 5.91 Å². The first-order chi connectivity index (χ1) is 14.8. The molecule has 162 valence electrons. The van der Waals surface area contributed by atoms with Gasteiger partial charge in [-0.05, 0) is 19.3 Å². The predicted octanol–water partition coefficient (Wildman–Crippen LogP) is 3.50. The van der Waals surface area contributed by atoms with Gasteiger partial charge in [0, 0.05) is 6.07 Å². The molecule has 1 N–H and O–H groups in total. The molecule has 0 aromatic carbocycles. The summed E-state index contributed by atoms with van der Waals surface area (Å²) < 4.78 is 63.5. The van der Waals surface area contributed by atoms with E-state index in [1.54, 1.807) is 0 Å². The van der Waals surface area contributed by atoms with E-state index in [1.165, 1.54) is 13.2 Å². The van der Waals surface area contributed by atoms with E-state index in [2.05, 4.69) is 25.3 Å². The van der Waals surface area contributed by atoms with Crippen molar-refractivity contribution in [2.24, 2.45) is 0 Å². The van der Waals surface area contributed by atoms with Crippen molar-refractivity contribution in [3.05, 3.63) is 53.3 Å². The molecule has 0 radical (unpaired) electrons. The minimum atomic E-state index is -4.73. The van der Waals surface area contributed by atoms with Gasteiger partial charge in [0.2, 0.25) is 11.8 Å². The molecule has 3 aromatic rings. The third-order valence-electron chi connectivity index (χ3n) is 4.68. The molecule has 1 amide bonds. The Kier molecular flexibility index (Phi) is 5.29. The van der Waals surface area contributed by atoms with Crippen LogP contribution in [0.1, 0.15) is 46.5 Å². The van der Waals surface area contributed by atoms with E-state index in [0.29, 0.717) is 36.9 Å². The number of ether oxygens (including phenoxy) is 1. The molecule has 1 aliphatic rings. The summed E-state index contributed by atoms with van der Waals surface area (Å²) in [5, 5.41) is 2.60. The third kappa shape index (κ3) is 4.18. The van der Waals surface area contributed by atoms with Crippen LogP contribution in [0.25, 0.3) is 11.5 Å². The molecule has 12 heteroatoms. The number of hydrogen-bond donors (Lipinski definition) is 1. The summed E-state index contributed by atoms with van der Waals surface area (Å²) in [4.78, 5) is 27.3. The molecule has 1 aliphatic carbocycles. The highest BCUT2D eigenvalue weighted by Crippen LogP contribution is 2.35. The first-order valence-corrected chi connectivity index (χ1v) is 9.16. The molecular weight excluding hydrogens is 422 g/mol. The number of amides is 1. The van der Waals surface area contributed by atoms with Gasteiger partial charge in [0.15, 0.2) is 11.5 Å². The van der Waals surface area contributed by atoms with Gasteiger partial charge in [-0.25, -0.2) is 19.3 Å². The lowest BCUT2D eigenvalue weighted by molar-refractivity contribution is -0.141. The van der Waals surface area contributed by atoms with Crippen molar-refractivity contribution in [3.8, 4) is 17.3 Å². The van der Waals surface area contributed by atoms with Crippen LogP contribution in [0.2, 0.25) is 0 Å². The monoisotopic (exact) mass is 437 g/mol. The molecule has 1 atom stereocenters. The van der Waals surface area contributed by atoms with Crippen LogP contribution in [0.3, 0.4) is 0 Å². The molecule has 1 unspecified atom stereocenters. The Morgan fingerprint density at radius 1 is 1.26 bits per heavy atom. The summed E-state index contributed by atoms with van der Waals surface area (Å²) in [6, 6.07) is 0.666. The fraction of sp³-hybridized carbons (Fsp3) is 0.316. The standard InChI is InChI=1S/C19H15F4N5O3/c1-30-15-5-9(10(20)6-25-15)18-28-12-4-2-3-11(16(12)31-18)27-17(29)13-7-24-8-14(26-13)19(21,22)23/h5-8,11H,2-4H2,1H3,(H,27,29). The number of nitrogens with one attached hydrogen (secondary N) is 1. The van der Waals surface area contributed by atoms with Crippen molar-refractivity contribution in [1.29, 1.82) is 0 Å². The Labute approximate surface area is 172 Å². The number of oxazole rings is 1. The molecule has 4 rings (SSSR count). The minimum absolute atomic E-state index is 0.0109. The van der Waals surface area contributed by atoms with Gasteiger partial charge in [0.25, 0.3) is 5.91 Å². The number of pyridine rings is 1. The SMILES string of the molecule is COc1cc(-c2nc3c(o2)C(NC(=O)c2cncc(C(F)(F)F)n2)CCC3)c(F)cn1. The summed E-state index contributed by atoms with van der Waals surface area (Å²) in [7, 11) is 1.38. The molecule has 0 bridgehead atoms. The average Bonchev–Trinajstić information content (AvgIpc) is 3.19. The summed E-state index contributed by atoms with van der Waals surface area (Å²) in [5.74, 6) is -1.04. The average molecular weight is 437 g/mol. The molecule has 0 saturated carbocycles. The van der Waals surface area contributed by atoms with Crippen LogP contribution in [0, 0.1) is 5.82 Å². The fourth-order valence-electron chi connectivity index (χ4n) is 3.21. The maximum atomic E-state index is 14.2. The van der Waals surface area contributed by atoms with Crippen LogP contribution in [0.4, 0.5) is 17.6 Å². The summed E-state index contributed by atoms with van der Waals surface area (Å²) in [6.07, 6.45) is -0.630. The lowest BCUT2D eigenvalue weighted by atomic mass is 9.97. The number of halogens is 4. The topological polar surface area (TPSA) is 103 Å². The van der Waals surface area contributed by atoms with Crippen LogP contribution in [0.5, 0.6) is 5.88 Å². The Balaban J connectivity index is 1.60.